The number of aliphatic hydroxyl groups excluding tert-OH is 1. The minimum absolute atomic E-state index is 0.0649. The van der Waals surface area contributed by atoms with Gasteiger partial charge in [0.1, 0.15) is 11.6 Å². The van der Waals surface area contributed by atoms with Crippen molar-refractivity contribution in [1.29, 1.82) is 0 Å². The van der Waals surface area contributed by atoms with Crippen LogP contribution in [-0.2, 0) is 13.5 Å². The third kappa shape index (κ3) is 2.89. The SMILES string of the molecule is Cn1ccnc1CCC(O)c1ccc(Cl)c(F)c1. The second kappa shape index (κ2) is 5.50. The highest BCUT2D eigenvalue weighted by Gasteiger charge is 2.11. The van der Waals surface area contributed by atoms with E-state index in [1.54, 1.807) is 12.3 Å². The van der Waals surface area contributed by atoms with Gasteiger partial charge in [-0.3, -0.25) is 0 Å². The van der Waals surface area contributed by atoms with E-state index in [0.717, 1.165) is 5.82 Å². The molecule has 2 rings (SSSR count). The van der Waals surface area contributed by atoms with Crippen LogP contribution in [0.1, 0.15) is 23.9 Å². The molecule has 0 aliphatic rings. The summed E-state index contributed by atoms with van der Waals surface area (Å²) in [6, 6.07) is 4.36. The van der Waals surface area contributed by atoms with Crippen LogP contribution in [0.15, 0.2) is 30.6 Å². The predicted molar refractivity (Wildman–Crippen MR) is 67.9 cm³/mol. The van der Waals surface area contributed by atoms with Crippen molar-refractivity contribution in [2.24, 2.45) is 7.05 Å². The molecule has 0 bridgehead atoms. The Hall–Kier alpha value is -1.39. The third-order valence-corrected chi connectivity index (χ3v) is 3.20. The molecule has 1 heterocycles. The monoisotopic (exact) mass is 268 g/mol. The summed E-state index contributed by atoms with van der Waals surface area (Å²) in [4.78, 5) is 4.17. The van der Waals surface area contributed by atoms with E-state index < -0.39 is 11.9 Å². The minimum Gasteiger partial charge on any atom is -0.388 e. The maximum absolute atomic E-state index is 13.3. The van der Waals surface area contributed by atoms with Gasteiger partial charge in [-0.05, 0) is 24.1 Å². The quantitative estimate of drug-likeness (QED) is 0.926. The van der Waals surface area contributed by atoms with Gasteiger partial charge in [-0.15, -0.1) is 0 Å². The Morgan fingerprint density at radius 1 is 1.50 bits per heavy atom. The van der Waals surface area contributed by atoms with Crippen LogP contribution in [0.4, 0.5) is 4.39 Å². The lowest BCUT2D eigenvalue weighted by molar-refractivity contribution is 0.166. The largest absolute Gasteiger partial charge is 0.388 e. The Balaban J connectivity index is 2.01. The standard InChI is InChI=1S/C13H14ClFN2O/c1-17-7-6-16-13(17)5-4-12(18)9-2-3-10(14)11(15)8-9/h2-3,6-8,12,18H,4-5H2,1H3. The molecule has 0 saturated carbocycles. The number of hydrogen-bond acceptors (Lipinski definition) is 2. The maximum atomic E-state index is 13.3. The van der Waals surface area contributed by atoms with Crippen molar-refractivity contribution in [3.8, 4) is 0 Å². The molecule has 3 nitrogen and oxygen atoms in total. The highest BCUT2D eigenvalue weighted by atomic mass is 35.5. The van der Waals surface area contributed by atoms with Crippen LogP contribution in [0.3, 0.4) is 0 Å². The molecule has 0 fully saturated rings. The van der Waals surface area contributed by atoms with Gasteiger partial charge in [0.25, 0.3) is 0 Å². The number of aromatic nitrogens is 2. The summed E-state index contributed by atoms with van der Waals surface area (Å²) >= 11 is 5.59. The van der Waals surface area contributed by atoms with E-state index in [1.165, 1.54) is 12.1 Å². The fourth-order valence-electron chi connectivity index (χ4n) is 1.79. The van der Waals surface area contributed by atoms with Crippen LogP contribution in [0.2, 0.25) is 5.02 Å². The molecule has 1 N–H and O–H groups in total. The molecular weight excluding hydrogens is 255 g/mol. The van der Waals surface area contributed by atoms with E-state index in [4.69, 9.17) is 11.6 Å². The fraction of sp³-hybridized carbons (Fsp3) is 0.308. The number of nitrogens with zero attached hydrogens (tertiary/aromatic N) is 2. The fourth-order valence-corrected chi connectivity index (χ4v) is 1.91. The van der Waals surface area contributed by atoms with E-state index in [-0.39, 0.29) is 5.02 Å². The van der Waals surface area contributed by atoms with Crippen molar-refractivity contribution in [3.05, 3.63) is 52.8 Å². The number of imidazole rings is 1. The lowest BCUT2D eigenvalue weighted by Crippen LogP contribution is -2.04. The summed E-state index contributed by atoms with van der Waals surface area (Å²) in [6.07, 6.45) is 3.97. The van der Waals surface area contributed by atoms with Gasteiger partial charge in [0, 0.05) is 25.9 Å². The first-order valence-corrected chi connectivity index (χ1v) is 6.05. The molecule has 1 aromatic heterocycles. The predicted octanol–water partition coefficient (Wildman–Crippen LogP) is 2.88. The van der Waals surface area contributed by atoms with E-state index in [9.17, 15) is 9.50 Å². The maximum Gasteiger partial charge on any atom is 0.142 e. The summed E-state index contributed by atoms with van der Waals surface area (Å²) in [7, 11) is 1.90. The van der Waals surface area contributed by atoms with E-state index in [2.05, 4.69) is 4.98 Å². The second-order valence-electron chi connectivity index (χ2n) is 4.18. The van der Waals surface area contributed by atoms with Gasteiger partial charge in [0.2, 0.25) is 0 Å². The van der Waals surface area contributed by atoms with E-state index >= 15 is 0 Å². The van der Waals surface area contributed by atoms with Gasteiger partial charge < -0.3 is 9.67 Å². The first-order valence-electron chi connectivity index (χ1n) is 5.67. The molecule has 1 atom stereocenters. The van der Waals surface area contributed by atoms with Crippen LogP contribution in [0.5, 0.6) is 0 Å². The molecule has 0 saturated heterocycles. The molecule has 5 heteroatoms. The smallest absolute Gasteiger partial charge is 0.142 e. The van der Waals surface area contributed by atoms with E-state index in [1.807, 2.05) is 17.8 Å². The van der Waals surface area contributed by atoms with Crippen molar-refractivity contribution in [2.75, 3.05) is 0 Å². The van der Waals surface area contributed by atoms with Gasteiger partial charge in [-0.2, -0.15) is 0 Å². The van der Waals surface area contributed by atoms with Crippen molar-refractivity contribution in [1.82, 2.24) is 9.55 Å². The third-order valence-electron chi connectivity index (χ3n) is 2.89. The number of benzene rings is 1. The number of hydrogen-bond donors (Lipinski definition) is 1. The summed E-state index contributed by atoms with van der Waals surface area (Å²) in [5, 5.41) is 10.0. The Kier molecular flexibility index (Phi) is 3.99. The number of halogens is 2. The second-order valence-corrected chi connectivity index (χ2v) is 4.59. The number of rotatable bonds is 4. The van der Waals surface area contributed by atoms with Crippen molar-refractivity contribution in [2.45, 2.75) is 18.9 Å². The van der Waals surface area contributed by atoms with Gasteiger partial charge in [0.15, 0.2) is 0 Å². The normalized spacial score (nSPS) is 12.7. The molecule has 0 spiro atoms. The Bertz CT molecular complexity index is 542. The van der Waals surface area contributed by atoms with Gasteiger partial charge >= 0.3 is 0 Å². The van der Waals surface area contributed by atoms with Crippen LogP contribution in [-0.4, -0.2) is 14.7 Å². The van der Waals surface area contributed by atoms with Gasteiger partial charge in [-0.25, -0.2) is 9.37 Å². The summed E-state index contributed by atoms with van der Waals surface area (Å²) < 4.78 is 15.2. The highest BCUT2D eigenvalue weighted by molar-refractivity contribution is 6.30. The van der Waals surface area contributed by atoms with Crippen LogP contribution in [0.25, 0.3) is 0 Å². The summed E-state index contributed by atoms with van der Waals surface area (Å²) in [5.74, 6) is 0.383. The topological polar surface area (TPSA) is 38.0 Å². The lowest BCUT2D eigenvalue weighted by atomic mass is 10.0. The molecule has 18 heavy (non-hydrogen) atoms. The first kappa shape index (κ1) is 13.1. The zero-order valence-corrected chi connectivity index (χ0v) is 10.7. The van der Waals surface area contributed by atoms with Gasteiger partial charge in [0.05, 0.1) is 11.1 Å². The van der Waals surface area contributed by atoms with Gasteiger partial charge in [-0.1, -0.05) is 17.7 Å². The zero-order chi connectivity index (χ0) is 13.1. The molecule has 0 aliphatic heterocycles. The Morgan fingerprint density at radius 3 is 2.89 bits per heavy atom. The first-order chi connectivity index (χ1) is 8.58. The molecular formula is C13H14ClFN2O. The van der Waals surface area contributed by atoms with Crippen LogP contribution >= 0.6 is 11.6 Å². The molecule has 2 aromatic rings. The molecule has 1 aromatic carbocycles. The molecule has 0 aliphatic carbocycles. The molecule has 1 unspecified atom stereocenters. The zero-order valence-electron chi connectivity index (χ0n) is 9.98. The summed E-state index contributed by atoms with van der Waals surface area (Å²) in [5.41, 5.74) is 0.533. The molecule has 0 amide bonds. The minimum atomic E-state index is -0.714. The van der Waals surface area contributed by atoms with Crippen molar-refractivity contribution >= 4 is 11.6 Å². The van der Waals surface area contributed by atoms with Crippen LogP contribution in [0, 0.1) is 5.82 Å². The summed E-state index contributed by atoms with van der Waals surface area (Å²) in [6.45, 7) is 0. The van der Waals surface area contributed by atoms with Crippen molar-refractivity contribution in [3.63, 3.8) is 0 Å². The average Bonchev–Trinajstić information content (AvgIpc) is 2.75. The Labute approximate surface area is 110 Å². The molecule has 96 valence electrons. The number of aliphatic hydroxyl groups is 1. The lowest BCUT2D eigenvalue weighted by Gasteiger charge is -2.11. The molecule has 0 radical (unpaired) electrons. The highest BCUT2D eigenvalue weighted by Crippen LogP contribution is 2.23. The average molecular weight is 269 g/mol. The van der Waals surface area contributed by atoms with Crippen molar-refractivity contribution < 1.29 is 9.50 Å². The number of aryl methyl sites for hydroxylation is 2. The van der Waals surface area contributed by atoms with E-state index in [0.29, 0.717) is 18.4 Å². The van der Waals surface area contributed by atoms with Crippen LogP contribution < -0.4 is 0 Å². The Morgan fingerprint density at radius 2 is 2.28 bits per heavy atom.